The maximum atomic E-state index is 11.0. The number of primary amides is 1. The van der Waals surface area contributed by atoms with Crippen LogP contribution in [-0.4, -0.2) is 43.2 Å². The fourth-order valence-electron chi connectivity index (χ4n) is 3.16. The second-order valence-electron chi connectivity index (χ2n) is 5.76. The number of carbonyl (C=O) groups excluding carboxylic acids is 1. The zero-order chi connectivity index (χ0) is 14.7. The molecule has 2 aliphatic heterocycles. The van der Waals surface area contributed by atoms with Gasteiger partial charge in [0.2, 0.25) is 5.91 Å². The Labute approximate surface area is 125 Å². The van der Waals surface area contributed by atoms with E-state index in [0.29, 0.717) is 13.0 Å². The standard InChI is InChI=1S/C16H22N2O3/c17-16(19)8-14-10-18(5-7-21-14)9-12-2-1-3-13-11-20-6-4-15(12)13/h1-3,14H,4-11H2,(H2,17,19). The minimum Gasteiger partial charge on any atom is -0.376 e. The van der Waals surface area contributed by atoms with E-state index in [1.807, 2.05) is 0 Å². The van der Waals surface area contributed by atoms with Crippen molar-refractivity contribution >= 4 is 5.91 Å². The first-order valence-corrected chi connectivity index (χ1v) is 7.52. The molecule has 1 fully saturated rings. The largest absolute Gasteiger partial charge is 0.376 e. The van der Waals surface area contributed by atoms with Crippen LogP contribution < -0.4 is 5.73 Å². The van der Waals surface area contributed by atoms with Gasteiger partial charge in [0.25, 0.3) is 0 Å². The Bertz CT molecular complexity index is 518. The lowest BCUT2D eigenvalue weighted by atomic mass is 9.96. The molecular formula is C16H22N2O3. The smallest absolute Gasteiger partial charge is 0.220 e. The molecule has 2 aliphatic rings. The van der Waals surface area contributed by atoms with Crippen LogP contribution in [0.5, 0.6) is 0 Å². The first kappa shape index (κ1) is 14.5. The molecule has 0 aliphatic carbocycles. The summed E-state index contributed by atoms with van der Waals surface area (Å²) in [6, 6.07) is 6.44. The highest BCUT2D eigenvalue weighted by Gasteiger charge is 2.23. The highest BCUT2D eigenvalue weighted by Crippen LogP contribution is 2.23. The van der Waals surface area contributed by atoms with E-state index in [1.54, 1.807) is 0 Å². The molecule has 5 nitrogen and oxygen atoms in total. The third-order valence-electron chi connectivity index (χ3n) is 4.17. The molecule has 21 heavy (non-hydrogen) atoms. The lowest BCUT2D eigenvalue weighted by molar-refractivity contribution is -0.123. The van der Waals surface area contributed by atoms with E-state index in [9.17, 15) is 4.79 Å². The van der Waals surface area contributed by atoms with Gasteiger partial charge in [-0.15, -0.1) is 0 Å². The summed E-state index contributed by atoms with van der Waals surface area (Å²) in [7, 11) is 0. The van der Waals surface area contributed by atoms with Gasteiger partial charge < -0.3 is 15.2 Å². The van der Waals surface area contributed by atoms with Crippen LogP contribution in [0.1, 0.15) is 23.1 Å². The lowest BCUT2D eigenvalue weighted by Crippen LogP contribution is -2.43. The number of hydrogen-bond acceptors (Lipinski definition) is 4. The molecule has 0 aromatic heterocycles. The molecular weight excluding hydrogens is 268 g/mol. The Morgan fingerprint density at radius 1 is 1.38 bits per heavy atom. The zero-order valence-corrected chi connectivity index (χ0v) is 12.2. The van der Waals surface area contributed by atoms with Gasteiger partial charge in [-0.25, -0.2) is 0 Å². The second kappa shape index (κ2) is 6.56. The van der Waals surface area contributed by atoms with Crippen LogP contribution in [0.25, 0.3) is 0 Å². The van der Waals surface area contributed by atoms with E-state index in [-0.39, 0.29) is 12.0 Å². The maximum absolute atomic E-state index is 11.0. The molecule has 3 rings (SSSR count). The van der Waals surface area contributed by atoms with Crippen molar-refractivity contribution in [2.24, 2.45) is 5.73 Å². The second-order valence-corrected chi connectivity index (χ2v) is 5.76. The summed E-state index contributed by atoms with van der Waals surface area (Å²) in [6.07, 6.45) is 1.22. The van der Waals surface area contributed by atoms with Crippen LogP contribution in [0.15, 0.2) is 18.2 Å². The Balaban J connectivity index is 1.67. The molecule has 0 bridgehead atoms. The third kappa shape index (κ3) is 3.61. The molecule has 0 saturated carbocycles. The average molecular weight is 290 g/mol. The van der Waals surface area contributed by atoms with Crippen molar-refractivity contribution < 1.29 is 14.3 Å². The van der Waals surface area contributed by atoms with Crippen LogP contribution in [-0.2, 0) is 33.8 Å². The zero-order valence-electron chi connectivity index (χ0n) is 12.2. The topological polar surface area (TPSA) is 64.8 Å². The van der Waals surface area contributed by atoms with Gasteiger partial charge in [-0.1, -0.05) is 18.2 Å². The Morgan fingerprint density at radius 3 is 3.14 bits per heavy atom. The van der Waals surface area contributed by atoms with E-state index in [4.69, 9.17) is 15.2 Å². The molecule has 1 aromatic rings. The molecule has 114 valence electrons. The quantitative estimate of drug-likeness (QED) is 0.892. The van der Waals surface area contributed by atoms with Crippen LogP contribution >= 0.6 is 0 Å². The number of morpholine rings is 1. The minimum atomic E-state index is -0.295. The predicted octanol–water partition coefficient (Wildman–Crippen LogP) is 0.835. The number of fused-ring (bicyclic) bond motifs is 1. The van der Waals surface area contributed by atoms with Gasteiger partial charge in [0.15, 0.2) is 0 Å². The predicted molar refractivity (Wildman–Crippen MR) is 78.6 cm³/mol. The highest BCUT2D eigenvalue weighted by atomic mass is 16.5. The number of nitrogens with zero attached hydrogens (tertiary/aromatic N) is 1. The van der Waals surface area contributed by atoms with Gasteiger partial charge in [-0.3, -0.25) is 9.69 Å². The van der Waals surface area contributed by atoms with Gasteiger partial charge in [-0.05, 0) is 23.1 Å². The normalized spacial score (nSPS) is 22.8. The van der Waals surface area contributed by atoms with Crippen LogP contribution in [0.4, 0.5) is 0 Å². The summed E-state index contributed by atoms with van der Waals surface area (Å²) in [6.45, 7) is 4.75. The molecule has 2 N–H and O–H groups in total. The lowest BCUT2D eigenvalue weighted by Gasteiger charge is -2.33. The molecule has 0 spiro atoms. The summed E-state index contributed by atoms with van der Waals surface area (Å²) in [5, 5.41) is 0. The van der Waals surface area contributed by atoms with Crippen molar-refractivity contribution in [3.63, 3.8) is 0 Å². The number of hydrogen-bond donors (Lipinski definition) is 1. The van der Waals surface area contributed by atoms with Crippen molar-refractivity contribution in [2.75, 3.05) is 26.3 Å². The van der Waals surface area contributed by atoms with Crippen LogP contribution in [0.2, 0.25) is 0 Å². The molecule has 1 unspecified atom stereocenters. The Morgan fingerprint density at radius 2 is 2.29 bits per heavy atom. The molecule has 1 atom stereocenters. The molecule has 1 amide bonds. The van der Waals surface area contributed by atoms with Crippen molar-refractivity contribution in [1.82, 2.24) is 4.90 Å². The van der Waals surface area contributed by atoms with E-state index in [0.717, 1.165) is 39.3 Å². The van der Waals surface area contributed by atoms with Crippen molar-refractivity contribution in [1.29, 1.82) is 0 Å². The number of amides is 1. The molecule has 0 radical (unpaired) electrons. The third-order valence-corrected chi connectivity index (χ3v) is 4.17. The van der Waals surface area contributed by atoms with Crippen molar-refractivity contribution in [3.8, 4) is 0 Å². The average Bonchev–Trinajstić information content (AvgIpc) is 2.47. The fourth-order valence-corrected chi connectivity index (χ4v) is 3.16. The van der Waals surface area contributed by atoms with E-state index in [1.165, 1.54) is 16.7 Å². The number of ether oxygens (including phenoxy) is 2. The van der Waals surface area contributed by atoms with E-state index in [2.05, 4.69) is 23.1 Å². The van der Waals surface area contributed by atoms with E-state index >= 15 is 0 Å². The van der Waals surface area contributed by atoms with Crippen molar-refractivity contribution in [3.05, 3.63) is 34.9 Å². The number of rotatable bonds is 4. The maximum Gasteiger partial charge on any atom is 0.220 e. The highest BCUT2D eigenvalue weighted by molar-refractivity contribution is 5.74. The Kier molecular flexibility index (Phi) is 4.53. The summed E-state index contributed by atoms with van der Waals surface area (Å²) >= 11 is 0. The first-order chi connectivity index (χ1) is 10.2. The summed E-state index contributed by atoms with van der Waals surface area (Å²) < 4.78 is 11.1. The van der Waals surface area contributed by atoms with Crippen molar-refractivity contribution in [2.45, 2.75) is 32.1 Å². The molecule has 1 aromatic carbocycles. The van der Waals surface area contributed by atoms with Gasteiger partial charge in [0.1, 0.15) is 0 Å². The fraction of sp³-hybridized carbons (Fsp3) is 0.562. The summed E-state index contributed by atoms with van der Waals surface area (Å²) in [5.41, 5.74) is 9.37. The van der Waals surface area contributed by atoms with Gasteiger partial charge in [-0.2, -0.15) is 0 Å². The van der Waals surface area contributed by atoms with Crippen LogP contribution in [0, 0.1) is 0 Å². The van der Waals surface area contributed by atoms with Crippen LogP contribution in [0.3, 0.4) is 0 Å². The monoisotopic (exact) mass is 290 g/mol. The van der Waals surface area contributed by atoms with Gasteiger partial charge >= 0.3 is 0 Å². The first-order valence-electron chi connectivity index (χ1n) is 7.52. The molecule has 5 heteroatoms. The minimum absolute atomic E-state index is 0.0703. The summed E-state index contributed by atoms with van der Waals surface area (Å²) in [4.78, 5) is 13.4. The summed E-state index contributed by atoms with van der Waals surface area (Å²) in [5.74, 6) is -0.295. The molecule has 1 saturated heterocycles. The van der Waals surface area contributed by atoms with E-state index < -0.39 is 0 Å². The van der Waals surface area contributed by atoms with Gasteiger partial charge in [0, 0.05) is 19.6 Å². The SMILES string of the molecule is NC(=O)CC1CN(Cc2cccc3c2CCOC3)CCO1. The number of benzene rings is 1. The number of carbonyl (C=O) groups is 1. The Hall–Kier alpha value is -1.43. The van der Waals surface area contributed by atoms with Gasteiger partial charge in [0.05, 0.1) is 32.3 Å². The number of nitrogens with two attached hydrogens (primary N) is 1. The molecule has 2 heterocycles.